The van der Waals surface area contributed by atoms with Crippen LogP contribution >= 0.6 is 0 Å². The van der Waals surface area contributed by atoms with E-state index in [2.05, 4.69) is 4.90 Å². The topological polar surface area (TPSA) is 29.3 Å². The van der Waals surface area contributed by atoms with Gasteiger partial charge < -0.3 is 5.73 Å². The van der Waals surface area contributed by atoms with Gasteiger partial charge in [0.2, 0.25) is 0 Å². The van der Waals surface area contributed by atoms with Gasteiger partial charge in [-0.3, -0.25) is 4.90 Å². The molecule has 3 saturated carbocycles. The van der Waals surface area contributed by atoms with Crippen LogP contribution in [0.25, 0.3) is 0 Å². The van der Waals surface area contributed by atoms with Gasteiger partial charge in [0.05, 0.1) is 0 Å². The third kappa shape index (κ3) is 2.05. The van der Waals surface area contributed by atoms with E-state index >= 15 is 0 Å². The van der Waals surface area contributed by atoms with E-state index in [0.717, 1.165) is 12.0 Å². The lowest BCUT2D eigenvalue weighted by Crippen LogP contribution is -2.41. The molecule has 13 heavy (non-hydrogen) atoms. The largest absolute Gasteiger partial charge is 0.324 e. The Morgan fingerprint density at radius 2 is 1.85 bits per heavy atom. The summed E-state index contributed by atoms with van der Waals surface area (Å²) in [5, 5.41) is 0. The first kappa shape index (κ1) is 8.25. The van der Waals surface area contributed by atoms with Crippen molar-refractivity contribution in [3.63, 3.8) is 0 Å². The van der Waals surface area contributed by atoms with E-state index in [4.69, 9.17) is 5.73 Å². The van der Waals surface area contributed by atoms with E-state index in [9.17, 15) is 0 Å². The van der Waals surface area contributed by atoms with Crippen molar-refractivity contribution in [2.24, 2.45) is 11.7 Å². The number of hydrogen-bond acceptors (Lipinski definition) is 2. The minimum Gasteiger partial charge on any atom is -0.324 e. The normalized spacial score (nSPS) is 30.9. The van der Waals surface area contributed by atoms with Crippen molar-refractivity contribution in [3.8, 4) is 0 Å². The smallest absolute Gasteiger partial charge is 0.0284 e. The molecule has 2 heteroatoms. The average molecular weight is 180 g/mol. The fraction of sp³-hybridized carbons (Fsp3) is 1.00. The number of nitrogens with two attached hydrogens (primary N) is 1. The summed E-state index contributed by atoms with van der Waals surface area (Å²) < 4.78 is 0. The molecule has 74 valence electrons. The summed E-state index contributed by atoms with van der Waals surface area (Å²) in [6.45, 7) is 2.54. The molecule has 0 aromatic heterocycles. The molecular formula is C11H20N2. The van der Waals surface area contributed by atoms with Crippen LogP contribution in [0.3, 0.4) is 0 Å². The lowest BCUT2D eigenvalue weighted by molar-refractivity contribution is 0.231. The molecule has 2 nitrogen and oxygen atoms in total. The Labute approximate surface area is 80.5 Å². The zero-order chi connectivity index (χ0) is 8.89. The van der Waals surface area contributed by atoms with E-state index in [1.54, 1.807) is 0 Å². The molecule has 0 aliphatic heterocycles. The summed E-state index contributed by atoms with van der Waals surface area (Å²) >= 11 is 0. The molecule has 3 fully saturated rings. The predicted molar refractivity (Wildman–Crippen MR) is 53.5 cm³/mol. The average Bonchev–Trinajstić information content (AvgIpc) is 2.93. The highest BCUT2D eigenvalue weighted by Gasteiger charge is 2.43. The fourth-order valence-electron chi connectivity index (χ4n) is 2.14. The molecule has 0 spiro atoms. The van der Waals surface area contributed by atoms with Gasteiger partial charge in [-0.05, 0) is 44.4 Å². The molecule has 3 aliphatic carbocycles. The predicted octanol–water partition coefficient (Wildman–Crippen LogP) is 1.35. The lowest BCUT2D eigenvalue weighted by atomic mass is 10.2. The van der Waals surface area contributed by atoms with Crippen LogP contribution in [0.4, 0.5) is 0 Å². The highest BCUT2D eigenvalue weighted by molar-refractivity contribution is 5.03. The van der Waals surface area contributed by atoms with E-state index in [1.165, 1.54) is 51.6 Å². The maximum absolute atomic E-state index is 6.17. The van der Waals surface area contributed by atoms with Crippen molar-refractivity contribution in [2.75, 3.05) is 13.1 Å². The van der Waals surface area contributed by atoms with Crippen LogP contribution in [0.1, 0.15) is 38.5 Å². The first-order valence-corrected chi connectivity index (χ1v) is 5.78. The van der Waals surface area contributed by atoms with Gasteiger partial charge in [0, 0.05) is 24.7 Å². The Bertz CT molecular complexity index is 202. The molecule has 0 heterocycles. The summed E-state index contributed by atoms with van der Waals surface area (Å²) in [6.07, 6.45) is 8.34. The van der Waals surface area contributed by atoms with Crippen molar-refractivity contribution < 1.29 is 0 Å². The number of nitrogens with zero attached hydrogens (tertiary/aromatic N) is 1. The van der Waals surface area contributed by atoms with Crippen LogP contribution in [0.15, 0.2) is 0 Å². The molecule has 0 aromatic carbocycles. The zero-order valence-electron chi connectivity index (χ0n) is 8.34. The first-order valence-electron chi connectivity index (χ1n) is 5.78. The second kappa shape index (κ2) is 2.71. The van der Waals surface area contributed by atoms with Crippen LogP contribution in [0.2, 0.25) is 0 Å². The molecule has 0 saturated heterocycles. The quantitative estimate of drug-likeness (QED) is 0.692. The van der Waals surface area contributed by atoms with Gasteiger partial charge in [-0.2, -0.15) is 0 Å². The van der Waals surface area contributed by atoms with Crippen molar-refractivity contribution in [1.29, 1.82) is 0 Å². The maximum Gasteiger partial charge on any atom is 0.0284 e. The molecule has 3 aliphatic rings. The molecule has 0 bridgehead atoms. The monoisotopic (exact) mass is 180 g/mol. The van der Waals surface area contributed by atoms with Gasteiger partial charge in [-0.25, -0.2) is 0 Å². The molecule has 0 radical (unpaired) electrons. The van der Waals surface area contributed by atoms with Gasteiger partial charge >= 0.3 is 0 Å². The summed E-state index contributed by atoms with van der Waals surface area (Å²) in [7, 11) is 0. The van der Waals surface area contributed by atoms with E-state index < -0.39 is 0 Å². The molecule has 0 unspecified atom stereocenters. The molecule has 0 aromatic rings. The van der Waals surface area contributed by atoms with Gasteiger partial charge in [0.25, 0.3) is 0 Å². The molecule has 3 rings (SSSR count). The summed E-state index contributed by atoms with van der Waals surface area (Å²) in [6, 6.07) is 0.918. The minimum absolute atomic E-state index is 0.234. The minimum atomic E-state index is 0.234. The molecule has 2 N–H and O–H groups in total. The van der Waals surface area contributed by atoms with Crippen LogP contribution in [-0.2, 0) is 0 Å². The molecular weight excluding hydrogens is 160 g/mol. The number of hydrogen-bond donors (Lipinski definition) is 1. The highest BCUT2D eigenvalue weighted by atomic mass is 15.2. The molecule has 0 atom stereocenters. The second-order valence-corrected chi connectivity index (χ2v) is 5.47. The van der Waals surface area contributed by atoms with Crippen molar-refractivity contribution in [3.05, 3.63) is 0 Å². The van der Waals surface area contributed by atoms with Gasteiger partial charge in [0.15, 0.2) is 0 Å². The Kier molecular flexibility index (Phi) is 1.72. The fourth-order valence-corrected chi connectivity index (χ4v) is 2.14. The van der Waals surface area contributed by atoms with Crippen molar-refractivity contribution in [2.45, 2.75) is 50.1 Å². The Morgan fingerprint density at radius 1 is 1.15 bits per heavy atom. The van der Waals surface area contributed by atoms with Crippen LogP contribution in [-0.4, -0.2) is 29.6 Å². The van der Waals surface area contributed by atoms with Gasteiger partial charge in [-0.1, -0.05) is 0 Å². The van der Waals surface area contributed by atoms with Crippen LogP contribution < -0.4 is 5.73 Å². The Hall–Kier alpha value is -0.0800. The lowest BCUT2D eigenvalue weighted by Gasteiger charge is -2.25. The zero-order valence-corrected chi connectivity index (χ0v) is 8.34. The second-order valence-electron chi connectivity index (χ2n) is 5.47. The van der Waals surface area contributed by atoms with E-state index in [1.807, 2.05) is 0 Å². The van der Waals surface area contributed by atoms with Crippen LogP contribution in [0, 0.1) is 5.92 Å². The summed E-state index contributed by atoms with van der Waals surface area (Å²) in [4.78, 5) is 2.69. The summed E-state index contributed by atoms with van der Waals surface area (Å²) in [5.74, 6) is 1.03. The standard InChI is InChI=1S/C11H20N2/c12-11(5-6-11)8-13(10-3-4-10)7-9-1-2-9/h9-10H,1-8,12H2. The van der Waals surface area contributed by atoms with E-state index in [0.29, 0.717) is 0 Å². The van der Waals surface area contributed by atoms with Crippen LogP contribution in [0.5, 0.6) is 0 Å². The third-order valence-corrected chi connectivity index (χ3v) is 3.66. The molecule has 0 amide bonds. The van der Waals surface area contributed by atoms with Crippen molar-refractivity contribution >= 4 is 0 Å². The maximum atomic E-state index is 6.17. The van der Waals surface area contributed by atoms with Crippen molar-refractivity contribution in [1.82, 2.24) is 4.90 Å². The number of rotatable bonds is 5. The van der Waals surface area contributed by atoms with Gasteiger partial charge in [0.1, 0.15) is 0 Å². The Balaban J connectivity index is 1.54. The summed E-state index contributed by atoms with van der Waals surface area (Å²) in [5.41, 5.74) is 6.40. The first-order chi connectivity index (χ1) is 6.25. The Morgan fingerprint density at radius 3 is 2.31 bits per heavy atom. The SMILES string of the molecule is NC1(CN(CC2CC2)C2CC2)CC1. The van der Waals surface area contributed by atoms with E-state index in [-0.39, 0.29) is 5.54 Å². The van der Waals surface area contributed by atoms with Gasteiger partial charge in [-0.15, -0.1) is 0 Å². The highest BCUT2D eigenvalue weighted by Crippen LogP contribution is 2.39. The third-order valence-electron chi connectivity index (χ3n) is 3.66.